The Morgan fingerprint density at radius 3 is 1.68 bits per heavy atom. The Labute approximate surface area is 388 Å². The second-order valence-electron chi connectivity index (χ2n) is 23.0. The minimum atomic E-state index is -0.0868. The van der Waals surface area contributed by atoms with E-state index < -0.39 is 0 Å². The molecule has 0 N–H and O–H groups in total. The maximum absolute atomic E-state index is 2.70. The van der Waals surface area contributed by atoms with Gasteiger partial charge in [0.05, 0.1) is 27.8 Å². The predicted octanol–water partition coefficient (Wildman–Crippen LogP) is 14.9. The predicted molar refractivity (Wildman–Crippen MR) is 285 cm³/mol. The molecule has 0 saturated carbocycles. The van der Waals surface area contributed by atoms with Crippen molar-refractivity contribution in [1.82, 2.24) is 9.13 Å². The molecule has 0 unspecified atom stereocenters. The van der Waals surface area contributed by atoms with Crippen LogP contribution in [0.2, 0.25) is 0 Å². The molecular formula is C60H58BN3S. The maximum atomic E-state index is 2.70. The minimum absolute atomic E-state index is 0.000262. The highest BCUT2D eigenvalue weighted by molar-refractivity contribution is 7.34. The minimum Gasteiger partial charge on any atom is -0.310 e. The lowest BCUT2D eigenvalue weighted by atomic mass is 9.36. The lowest BCUT2D eigenvalue weighted by Crippen LogP contribution is -2.59. The molecule has 5 heterocycles. The second kappa shape index (κ2) is 13.3. The first-order valence-electron chi connectivity index (χ1n) is 23.6. The van der Waals surface area contributed by atoms with E-state index in [1.54, 1.807) is 0 Å². The van der Waals surface area contributed by atoms with Crippen molar-refractivity contribution >= 4 is 105 Å². The van der Waals surface area contributed by atoms with Crippen LogP contribution in [-0.4, -0.2) is 15.8 Å². The quantitative estimate of drug-likeness (QED) is 0.158. The van der Waals surface area contributed by atoms with Crippen molar-refractivity contribution in [2.45, 2.75) is 105 Å². The van der Waals surface area contributed by atoms with Gasteiger partial charge in [-0.1, -0.05) is 162 Å². The van der Waals surface area contributed by atoms with Crippen molar-refractivity contribution in [3.8, 4) is 11.4 Å². The van der Waals surface area contributed by atoms with Crippen LogP contribution in [0.3, 0.4) is 0 Å². The van der Waals surface area contributed by atoms with E-state index in [0.29, 0.717) is 0 Å². The molecule has 5 heteroatoms. The molecule has 10 aromatic rings. The topological polar surface area (TPSA) is 13.1 Å². The van der Waals surface area contributed by atoms with Gasteiger partial charge >= 0.3 is 0 Å². The normalized spacial score (nSPS) is 14.1. The number of para-hydroxylation sites is 3. The Morgan fingerprint density at radius 2 is 1.03 bits per heavy atom. The number of benzene rings is 7. The Kier molecular flexibility index (Phi) is 8.28. The van der Waals surface area contributed by atoms with E-state index >= 15 is 0 Å². The van der Waals surface area contributed by atoms with Crippen LogP contribution < -0.4 is 20.6 Å². The van der Waals surface area contributed by atoms with Gasteiger partial charge in [0, 0.05) is 59.2 Å². The van der Waals surface area contributed by atoms with Gasteiger partial charge in [-0.25, -0.2) is 0 Å². The summed E-state index contributed by atoms with van der Waals surface area (Å²) in [5.41, 5.74) is 19.6. The molecule has 0 aliphatic carbocycles. The fraction of sp³-hybridized carbons (Fsp3) is 0.267. The van der Waals surface area contributed by atoms with Crippen molar-refractivity contribution in [3.05, 3.63) is 156 Å². The van der Waals surface area contributed by atoms with Crippen LogP contribution in [0, 0.1) is 0 Å². The first-order chi connectivity index (χ1) is 30.8. The summed E-state index contributed by atoms with van der Waals surface area (Å²) in [6.07, 6.45) is 0. The number of aromatic nitrogens is 2. The molecule has 12 rings (SSSR count). The van der Waals surface area contributed by atoms with Crippen molar-refractivity contribution in [2.75, 3.05) is 4.90 Å². The largest absolute Gasteiger partial charge is 0.310 e. The molecule has 322 valence electrons. The number of hydrogen-bond acceptors (Lipinski definition) is 2. The third-order valence-corrected chi connectivity index (χ3v) is 15.9. The molecule has 0 radical (unpaired) electrons. The molecule has 0 fully saturated rings. The molecule has 65 heavy (non-hydrogen) atoms. The van der Waals surface area contributed by atoms with Crippen LogP contribution in [0.25, 0.3) is 65.1 Å². The van der Waals surface area contributed by atoms with Gasteiger partial charge in [0.2, 0.25) is 0 Å². The number of hydrogen-bond donors (Lipinski definition) is 0. The number of rotatable bonds is 2. The van der Waals surface area contributed by atoms with Crippen molar-refractivity contribution < 1.29 is 0 Å². The van der Waals surface area contributed by atoms with Gasteiger partial charge in [0.1, 0.15) is 0 Å². The first-order valence-corrected chi connectivity index (χ1v) is 24.4. The monoisotopic (exact) mass is 863 g/mol. The lowest BCUT2D eigenvalue weighted by Gasteiger charge is -2.39. The zero-order valence-corrected chi connectivity index (χ0v) is 40.8. The average Bonchev–Trinajstić information content (AvgIpc) is 3.92. The summed E-state index contributed by atoms with van der Waals surface area (Å²) < 4.78 is 8.05. The van der Waals surface area contributed by atoms with Gasteiger partial charge in [0.15, 0.2) is 0 Å². The second-order valence-corrected chi connectivity index (χ2v) is 24.1. The molecule has 0 atom stereocenters. The molecular weight excluding hydrogens is 806 g/mol. The van der Waals surface area contributed by atoms with E-state index in [2.05, 4.69) is 231 Å². The van der Waals surface area contributed by atoms with E-state index in [1.165, 1.54) is 120 Å². The molecule has 3 nitrogen and oxygen atoms in total. The highest BCUT2D eigenvalue weighted by Gasteiger charge is 2.46. The Morgan fingerprint density at radius 1 is 0.431 bits per heavy atom. The van der Waals surface area contributed by atoms with Crippen molar-refractivity contribution in [2.24, 2.45) is 0 Å². The van der Waals surface area contributed by atoms with Gasteiger partial charge in [0.25, 0.3) is 6.71 Å². The van der Waals surface area contributed by atoms with E-state index in [0.717, 1.165) is 0 Å². The highest BCUT2D eigenvalue weighted by Crippen LogP contribution is 2.50. The molecule has 0 spiro atoms. The summed E-state index contributed by atoms with van der Waals surface area (Å²) in [5, 5.41) is 6.64. The Bertz CT molecular complexity index is 3630. The highest BCUT2D eigenvalue weighted by atomic mass is 32.1. The Hall–Kier alpha value is -6.04. The van der Waals surface area contributed by atoms with Crippen molar-refractivity contribution in [1.29, 1.82) is 0 Å². The SMILES string of the molecule is CC(C)(C)c1ccc(N2c3cccc4c3B(c3sc5ccc(C(C)(C)C)cc5c32)c2c3c5cccc(C(C)(C)C)c5n(-c5ccccc5)c3cc3c5cccc(C(C)(C)C)c5n-4c23)cc1. The molecule has 3 aromatic heterocycles. The fourth-order valence-corrected chi connectivity index (χ4v) is 12.8. The third kappa shape index (κ3) is 5.67. The summed E-state index contributed by atoms with van der Waals surface area (Å²) in [4.78, 5) is 2.63. The van der Waals surface area contributed by atoms with Crippen molar-refractivity contribution in [3.63, 3.8) is 0 Å². The summed E-state index contributed by atoms with van der Waals surface area (Å²) in [6, 6.07) is 51.7. The van der Waals surface area contributed by atoms with Gasteiger partial charge in [-0.2, -0.15) is 0 Å². The summed E-state index contributed by atoms with van der Waals surface area (Å²) in [5.74, 6) is 0. The van der Waals surface area contributed by atoms with Crippen LogP contribution >= 0.6 is 11.3 Å². The van der Waals surface area contributed by atoms with Gasteiger partial charge in [-0.3, -0.25) is 0 Å². The number of fused-ring (bicyclic) bond motifs is 13. The van der Waals surface area contributed by atoms with Crippen LogP contribution in [-0.2, 0) is 21.7 Å². The van der Waals surface area contributed by atoms with Gasteiger partial charge in [-0.15, -0.1) is 11.3 Å². The lowest BCUT2D eigenvalue weighted by molar-refractivity contribution is 0.590. The smallest absolute Gasteiger partial charge is 0.265 e. The van der Waals surface area contributed by atoms with E-state index in [-0.39, 0.29) is 28.4 Å². The van der Waals surface area contributed by atoms with Crippen LogP contribution in [0.15, 0.2) is 133 Å². The first kappa shape index (κ1) is 40.5. The van der Waals surface area contributed by atoms with Crippen LogP contribution in [0.4, 0.5) is 17.1 Å². The van der Waals surface area contributed by atoms with Crippen LogP contribution in [0.5, 0.6) is 0 Å². The molecule has 7 aromatic carbocycles. The third-order valence-electron chi connectivity index (χ3n) is 14.6. The zero-order chi connectivity index (χ0) is 45.3. The average molecular weight is 864 g/mol. The molecule has 0 bridgehead atoms. The summed E-state index contributed by atoms with van der Waals surface area (Å²) in [6.45, 7) is 28.2. The van der Waals surface area contributed by atoms with E-state index in [4.69, 9.17) is 0 Å². The number of anilines is 3. The standard InChI is InChI=1S/C60H58BN3S/c1-57(2,3)35-27-30-38(31-28-35)62-45-25-18-26-46-50(45)61(56-55(62)42-33-36(58(4,5)6)29-32-48(42)65-56)51-49-40-22-17-24-44(60(10,11)12)53(40)63(37-19-14-13-15-20-37)47(49)34-41-39-21-16-23-43(59(7,8)9)52(39)64(46)54(41)51/h13-34H,1-12H3. The van der Waals surface area contributed by atoms with E-state index in [9.17, 15) is 0 Å². The van der Waals surface area contributed by atoms with Crippen LogP contribution in [0.1, 0.15) is 105 Å². The van der Waals surface area contributed by atoms with Gasteiger partial charge < -0.3 is 14.0 Å². The molecule has 2 aliphatic heterocycles. The van der Waals surface area contributed by atoms with E-state index in [1.807, 2.05) is 11.3 Å². The molecule has 0 saturated heterocycles. The maximum Gasteiger partial charge on any atom is 0.265 e. The molecule has 0 amide bonds. The molecule has 2 aliphatic rings. The summed E-state index contributed by atoms with van der Waals surface area (Å²) >= 11 is 2.00. The summed E-state index contributed by atoms with van der Waals surface area (Å²) in [7, 11) is 0. The number of thiophene rings is 1. The Balaban J connectivity index is 1.33. The number of nitrogens with zero attached hydrogens (tertiary/aromatic N) is 3. The van der Waals surface area contributed by atoms with Gasteiger partial charge in [-0.05, 0) is 109 Å². The fourth-order valence-electron chi connectivity index (χ4n) is 11.5. The zero-order valence-electron chi connectivity index (χ0n) is 40.0.